The van der Waals surface area contributed by atoms with Gasteiger partial charge < -0.3 is 40.0 Å². The minimum absolute atomic E-state index is 0.131. The van der Waals surface area contributed by atoms with Gasteiger partial charge in [0.05, 0.1) is 17.4 Å². The number of hydrogen-bond donors (Lipinski definition) is 6. The molecule has 43 heavy (non-hydrogen) atoms. The average molecular weight is 606 g/mol. The maximum absolute atomic E-state index is 13.0. The van der Waals surface area contributed by atoms with Crippen LogP contribution >= 0.6 is 0 Å². The van der Waals surface area contributed by atoms with Crippen LogP contribution in [0.25, 0.3) is 11.0 Å². The third-order valence-corrected chi connectivity index (χ3v) is 9.69. The summed E-state index contributed by atoms with van der Waals surface area (Å²) >= 11 is 0. The van der Waals surface area contributed by atoms with E-state index in [9.17, 15) is 30.0 Å². The lowest BCUT2D eigenvalue weighted by Gasteiger charge is -2.43. The molecule has 1 amide bonds. The highest BCUT2D eigenvalue weighted by atomic mass is 17.2. The molecule has 2 aliphatic heterocycles. The molecule has 1 aromatic carbocycles. The van der Waals surface area contributed by atoms with Gasteiger partial charge in [0.1, 0.15) is 59.8 Å². The summed E-state index contributed by atoms with van der Waals surface area (Å²) in [7, 11) is 0. The van der Waals surface area contributed by atoms with Gasteiger partial charge in [-0.1, -0.05) is 19.3 Å². The van der Waals surface area contributed by atoms with Crippen LogP contribution in [0.1, 0.15) is 63.2 Å². The van der Waals surface area contributed by atoms with Gasteiger partial charge in [-0.3, -0.25) is 9.59 Å². The molecule has 2 aromatic rings. The summed E-state index contributed by atoms with van der Waals surface area (Å²) in [5.41, 5.74) is -0.374. The number of carbonyl (C=O) groups excluding carboxylic acids is 1. The second-order valence-corrected chi connectivity index (χ2v) is 12.6. The number of carbonyl (C=O) groups is 1. The fraction of sp³-hybridized carbons (Fsp3) is 0.677. The van der Waals surface area contributed by atoms with Crippen LogP contribution in [0.2, 0.25) is 0 Å². The maximum Gasteiger partial charge on any atom is 0.226 e. The molecule has 2 fully saturated rings. The number of ether oxygens (including phenoxy) is 1. The zero-order chi connectivity index (χ0) is 30.9. The van der Waals surface area contributed by atoms with Crippen molar-refractivity contribution in [1.82, 2.24) is 5.32 Å². The van der Waals surface area contributed by atoms with Crippen molar-refractivity contribution >= 4 is 16.9 Å². The summed E-state index contributed by atoms with van der Waals surface area (Å²) in [5, 5.41) is 52.5. The Kier molecular flexibility index (Phi) is 9.48. The smallest absolute Gasteiger partial charge is 0.226 e. The Labute approximate surface area is 249 Å². The molecular formula is C31H43NO11. The van der Waals surface area contributed by atoms with Crippen molar-refractivity contribution in [3.8, 4) is 5.75 Å². The van der Waals surface area contributed by atoms with Crippen molar-refractivity contribution in [1.29, 1.82) is 0 Å². The Morgan fingerprint density at radius 2 is 1.77 bits per heavy atom. The highest BCUT2D eigenvalue weighted by Gasteiger charge is 2.52. The lowest BCUT2D eigenvalue weighted by Crippen LogP contribution is -2.52. The van der Waals surface area contributed by atoms with Crippen LogP contribution in [-0.4, -0.2) is 87.3 Å². The third kappa shape index (κ3) is 6.32. The van der Waals surface area contributed by atoms with E-state index >= 15 is 0 Å². The molecule has 1 saturated carbocycles. The molecule has 0 bridgehead atoms. The standard InChI is InChI=1S/C31H43NO11/c1-17-10-21(34)20-11-18-12-26(43-40-16-23(36)28(38)27(37)22(35)15-33)30(2,42-24(18)13-25(20)41-17)9-6-19-14-32-29(39)31(19)7-4-3-5-8-31/h10-11,13,19,22-23,26-28,33,35-38H,3-9,12,14-16H2,1-2H3,(H,32,39)/t19-,22+,23-,26+,27+,28+,30+/m0/s1. The molecule has 7 atom stereocenters. The van der Waals surface area contributed by atoms with Crippen molar-refractivity contribution < 1.29 is 49.3 Å². The van der Waals surface area contributed by atoms with Crippen LogP contribution in [0.15, 0.2) is 27.4 Å². The quantitative estimate of drug-likeness (QED) is 0.159. The SMILES string of the molecule is Cc1cc(=O)c2cc3c(cc2o1)O[C@](C)(CC[C@H]1CNC(=O)C12CCCCC2)[C@H](OOC[C@H](O)[C@@H](O)[C@H](O)[C@H](O)CO)C3. The van der Waals surface area contributed by atoms with Crippen LogP contribution in [0.5, 0.6) is 5.75 Å². The number of rotatable bonds is 11. The number of aryl methyl sites for hydroxylation is 1. The molecule has 0 unspecified atom stereocenters. The molecule has 238 valence electrons. The fourth-order valence-corrected chi connectivity index (χ4v) is 6.97. The summed E-state index contributed by atoms with van der Waals surface area (Å²) in [5.74, 6) is 1.30. The van der Waals surface area contributed by atoms with E-state index in [-0.39, 0.29) is 22.7 Å². The van der Waals surface area contributed by atoms with Gasteiger partial charge in [-0.05, 0) is 57.1 Å². The van der Waals surface area contributed by atoms with Gasteiger partial charge in [0.2, 0.25) is 5.91 Å². The zero-order valence-electron chi connectivity index (χ0n) is 24.7. The lowest BCUT2D eigenvalue weighted by molar-refractivity contribution is -0.360. The fourth-order valence-electron chi connectivity index (χ4n) is 6.97. The molecule has 5 rings (SSSR count). The Morgan fingerprint density at radius 3 is 2.49 bits per heavy atom. The van der Waals surface area contributed by atoms with Gasteiger partial charge in [0.15, 0.2) is 5.43 Å². The van der Waals surface area contributed by atoms with Crippen molar-refractivity contribution in [2.24, 2.45) is 11.3 Å². The summed E-state index contributed by atoms with van der Waals surface area (Å²) in [4.78, 5) is 36.8. The first-order valence-corrected chi connectivity index (χ1v) is 15.1. The number of aliphatic hydroxyl groups excluding tert-OH is 5. The lowest BCUT2D eigenvalue weighted by atomic mass is 9.65. The first-order valence-electron chi connectivity index (χ1n) is 15.1. The Morgan fingerprint density at radius 1 is 1.05 bits per heavy atom. The van der Waals surface area contributed by atoms with Crippen molar-refractivity contribution in [3.63, 3.8) is 0 Å². The number of amides is 1. The van der Waals surface area contributed by atoms with Crippen LogP contribution in [0.3, 0.4) is 0 Å². The third-order valence-electron chi connectivity index (χ3n) is 9.69. The normalized spacial score (nSPS) is 27.7. The zero-order valence-corrected chi connectivity index (χ0v) is 24.7. The van der Waals surface area contributed by atoms with E-state index in [1.54, 1.807) is 19.1 Å². The molecule has 1 aromatic heterocycles. The number of aliphatic hydroxyl groups is 5. The molecule has 3 aliphatic rings. The highest BCUT2D eigenvalue weighted by molar-refractivity contribution is 5.85. The van der Waals surface area contributed by atoms with Crippen LogP contribution in [0.4, 0.5) is 0 Å². The molecule has 1 saturated heterocycles. The summed E-state index contributed by atoms with van der Waals surface area (Å²) < 4.78 is 12.4. The number of fused-ring (bicyclic) bond motifs is 2. The van der Waals surface area contributed by atoms with Crippen LogP contribution in [-0.2, 0) is 21.0 Å². The first-order chi connectivity index (χ1) is 20.5. The second kappa shape index (κ2) is 12.8. The highest BCUT2D eigenvalue weighted by Crippen LogP contribution is 2.49. The molecule has 0 radical (unpaired) electrons. The molecule has 12 nitrogen and oxygen atoms in total. The van der Waals surface area contributed by atoms with Gasteiger partial charge in [-0.15, -0.1) is 0 Å². The molecule has 1 spiro atoms. The van der Waals surface area contributed by atoms with E-state index in [1.807, 2.05) is 6.92 Å². The first kappa shape index (κ1) is 31.8. The Bertz CT molecular complexity index is 1360. The predicted octanol–water partition coefficient (Wildman–Crippen LogP) is 1.02. The number of benzene rings is 1. The van der Waals surface area contributed by atoms with E-state index in [0.29, 0.717) is 53.8 Å². The maximum atomic E-state index is 13.0. The van der Waals surface area contributed by atoms with Crippen LogP contribution < -0.4 is 15.5 Å². The van der Waals surface area contributed by atoms with E-state index in [2.05, 4.69) is 5.32 Å². The van der Waals surface area contributed by atoms with Gasteiger partial charge >= 0.3 is 0 Å². The van der Waals surface area contributed by atoms with E-state index < -0.39 is 49.3 Å². The number of hydrogen-bond acceptors (Lipinski definition) is 11. The van der Waals surface area contributed by atoms with Crippen LogP contribution in [0, 0.1) is 18.3 Å². The molecule has 6 N–H and O–H groups in total. The van der Waals surface area contributed by atoms with Gasteiger partial charge in [-0.2, -0.15) is 0 Å². The van der Waals surface area contributed by atoms with E-state index in [4.69, 9.17) is 24.0 Å². The molecular weight excluding hydrogens is 562 g/mol. The monoisotopic (exact) mass is 605 g/mol. The van der Waals surface area contributed by atoms with Crippen molar-refractivity contribution in [3.05, 3.63) is 39.7 Å². The van der Waals surface area contributed by atoms with Gasteiger partial charge in [0.25, 0.3) is 0 Å². The minimum Gasteiger partial charge on any atom is -0.484 e. The van der Waals surface area contributed by atoms with Crippen molar-refractivity contribution in [2.75, 3.05) is 19.8 Å². The van der Waals surface area contributed by atoms with Gasteiger partial charge in [-0.25, -0.2) is 9.78 Å². The average Bonchev–Trinajstić information content (AvgIpc) is 3.28. The summed E-state index contributed by atoms with van der Waals surface area (Å²) in [6, 6.07) is 4.85. The summed E-state index contributed by atoms with van der Waals surface area (Å²) in [6.45, 7) is 2.87. The number of nitrogens with one attached hydrogen (secondary N) is 1. The van der Waals surface area contributed by atoms with E-state index in [1.165, 1.54) is 6.07 Å². The Balaban J connectivity index is 1.36. The van der Waals surface area contributed by atoms with Crippen molar-refractivity contribution in [2.45, 2.75) is 101 Å². The molecule has 1 aliphatic carbocycles. The Hall–Kier alpha value is -2.58. The molecule has 12 heteroatoms. The van der Waals surface area contributed by atoms with E-state index in [0.717, 1.165) is 32.1 Å². The molecule has 3 heterocycles. The minimum atomic E-state index is -1.80. The predicted molar refractivity (Wildman–Crippen MR) is 153 cm³/mol. The summed E-state index contributed by atoms with van der Waals surface area (Å²) in [6.07, 6.45) is -1.13. The van der Waals surface area contributed by atoms with Gasteiger partial charge in [0, 0.05) is 25.1 Å². The largest absolute Gasteiger partial charge is 0.484 e. The second-order valence-electron chi connectivity index (χ2n) is 12.6. The topological polar surface area (TPSA) is 188 Å².